The first-order chi connectivity index (χ1) is 31.2. The number of rotatable bonds is 13. The summed E-state index contributed by atoms with van der Waals surface area (Å²) in [5.41, 5.74) is 10.8. The lowest BCUT2D eigenvalue weighted by molar-refractivity contribution is -0.131. The molecule has 8 rings (SSSR count). The predicted octanol–water partition coefficient (Wildman–Crippen LogP) is 14.6. The molecule has 1 fully saturated rings. The first-order valence-corrected chi connectivity index (χ1v) is 21.7. The molecule has 0 aliphatic heterocycles. The maximum atomic E-state index is 12.8. The van der Waals surface area contributed by atoms with E-state index in [-0.39, 0.29) is 11.4 Å². The molecule has 0 aromatic heterocycles. The van der Waals surface area contributed by atoms with Crippen LogP contribution in [-0.4, -0.2) is 19.2 Å². The first-order valence-electron chi connectivity index (χ1n) is 21.7. The molecule has 1 aliphatic rings. The van der Waals surface area contributed by atoms with Crippen molar-refractivity contribution in [3.8, 4) is 23.0 Å². The molecule has 7 aromatic carbocycles. The molecule has 0 atom stereocenters. The van der Waals surface area contributed by atoms with Crippen LogP contribution in [0.1, 0.15) is 78.0 Å². The Morgan fingerprint density at radius 1 is 0.453 bits per heavy atom. The Labute approximate surface area is 375 Å². The highest BCUT2D eigenvalue weighted by molar-refractivity contribution is 5.80. The van der Waals surface area contributed by atoms with Crippen molar-refractivity contribution in [1.82, 2.24) is 0 Å². The van der Waals surface area contributed by atoms with Crippen LogP contribution in [0.3, 0.4) is 0 Å². The lowest BCUT2D eigenvalue weighted by Crippen LogP contribution is -2.30. The third-order valence-corrected chi connectivity index (χ3v) is 11.7. The molecule has 0 bridgehead atoms. The van der Waals surface area contributed by atoms with Crippen LogP contribution in [0.25, 0.3) is 24.3 Å². The largest absolute Gasteiger partial charge is 0.519 e. The molecule has 0 saturated heterocycles. The number of benzene rings is 7. The number of methoxy groups -OCH3 is 1. The van der Waals surface area contributed by atoms with Gasteiger partial charge in [-0.2, -0.15) is 0 Å². The van der Waals surface area contributed by atoms with E-state index in [2.05, 4.69) is 115 Å². The summed E-state index contributed by atoms with van der Waals surface area (Å²) in [5.74, 6) is 1.83. The Morgan fingerprint density at radius 3 is 1.19 bits per heavy atom. The van der Waals surface area contributed by atoms with Gasteiger partial charge >= 0.3 is 12.1 Å². The highest BCUT2D eigenvalue weighted by atomic mass is 16.7. The molecule has 0 unspecified atom stereocenters. The third-order valence-electron chi connectivity index (χ3n) is 11.7. The van der Waals surface area contributed by atoms with Crippen LogP contribution >= 0.6 is 0 Å². The van der Waals surface area contributed by atoms with E-state index < -0.39 is 6.16 Å². The highest BCUT2D eigenvalue weighted by Crippen LogP contribution is 2.45. The van der Waals surface area contributed by atoms with Crippen molar-refractivity contribution in [2.45, 2.75) is 51.4 Å². The van der Waals surface area contributed by atoms with Crippen molar-refractivity contribution in [1.29, 1.82) is 0 Å². The molecule has 0 radical (unpaired) electrons. The lowest BCUT2D eigenvalue weighted by Gasteiger charge is -2.38. The molecule has 1 aliphatic carbocycles. The number of ether oxygens (including phenoxy) is 4. The van der Waals surface area contributed by atoms with Crippen LogP contribution in [0.5, 0.6) is 23.0 Å². The van der Waals surface area contributed by atoms with Crippen LogP contribution in [0.2, 0.25) is 0 Å². The number of hydrogen-bond donors (Lipinski definition) is 0. The van der Waals surface area contributed by atoms with Crippen molar-refractivity contribution in [2.75, 3.05) is 12.0 Å². The van der Waals surface area contributed by atoms with Crippen LogP contribution in [0.15, 0.2) is 170 Å². The van der Waals surface area contributed by atoms with E-state index in [1.54, 1.807) is 19.2 Å². The molecular formula is C57H51NO6. The number of carbonyl (C=O) groups is 2. The summed E-state index contributed by atoms with van der Waals surface area (Å²) in [7, 11) is 1.67. The smallest absolute Gasteiger partial charge is 0.497 e. The number of aryl methyl sites for hydroxylation is 1. The maximum Gasteiger partial charge on any atom is 0.519 e. The Morgan fingerprint density at radius 2 is 0.797 bits per heavy atom. The molecule has 320 valence electrons. The van der Waals surface area contributed by atoms with Gasteiger partial charge in [0, 0.05) is 29.4 Å². The van der Waals surface area contributed by atoms with E-state index in [9.17, 15) is 9.59 Å². The SMILES string of the molecule is COc1ccc(/C=C/c2ccc(N(c3ccc(C)cc3)c3ccc(/C=C/c4ccc(OC(=O)Oc5ccc(C6(c7ccc(OC(C)=O)cc7)CCCCC6)cc5)cc4)cc3)cc2)cc1. The van der Waals surface area contributed by atoms with E-state index in [0.717, 1.165) is 76.3 Å². The number of esters is 1. The molecule has 7 heteroatoms. The van der Waals surface area contributed by atoms with Gasteiger partial charge in [-0.05, 0) is 138 Å². The van der Waals surface area contributed by atoms with E-state index >= 15 is 0 Å². The van der Waals surface area contributed by atoms with E-state index in [0.29, 0.717) is 17.2 Å². The average molecular weight is 846 g/mol. The topological polar surface area (TPSA) is 74.3 Å². The van der Waals surface area contributed by atoms with Crippen molar-refractivity contribution >= 4 is 53.5 Å². The van der Waals surface area contributed by atoms with Gasteiger partial charge in [-0.3, -0.25) is 4.79 Å². The zero-order valence-corrected chi connectivity index (χ0v) is 36.4. The van der Waals surface area contributed by atoms with Crippen LogP contribution < -0.4 is 23.8 Å². The molecule has 1 saturated carbocycles. The monoisotopic (exact) mass is 845 g/mol. The fraction of sp³-hybridized carbons (Fsp3) is 0.158. The second-order valence-electron chi connectivity index (χ2n) is 16.1. The van der Waals surface area contributed by atoms with Crippen molar-refractivity contribution in [3.63, 3.8) is 0 Å². The Kier molecular flexibility index (Phi) is 13.5. The zero-order chi connectivity index (χ0) is 44.3. The minimum absolute atomic E-state index is 0.166. The van der Waals surface area contributed by atoms with Gasteiger partial charge in [-0.1, -0.05) is 134 Å². The Hall–Kier alpha value is -7.64. The van der Waals surface area contributed by atoms with Gasteiger partial charge in [0.15, 0.2) is 0 Å². The molecule has 0 N–H and O–H groups in total. The third kappa shape index (κ3) is 10.7. The normalized spacial score (nSPS) is 13.4. The van der Waals surface area contributed by atoms with Gasteiger partial charge in [0.05, 0.1) is 7.11 Å². The van der Waals surface area contributed by atoms with E-state index in [1.807, 2.05) is 78.9 Å². The second kappa shape index (κ2) is 20.0. The van der Waals surface area contributed by atoms with Gasteiger partial charge in [-0.25, -0.2) is 4.79 Å². The summed E-state index contributed by atoms with van der Waals surface area (Å²) in [6.45, 7) is 3.50. The molecule has 0 spiro atoms. The minimum atomic E-state index is -0.804. The van der Waals surface area contributed by atoms with Crippen LogP contribution in [0, 0.1) is 6.92 Å². The molecule has 0 heterocycles. The molecule has 7 aromatic rings. The highest BCUT2D eigenvalue weighted by Gasteiger charge is 2.35. The number of anilines is 3. The molecule has 0 amide bonds. The Bertz CT molecular complexity index is 2700. The standard InChI is InChI=1S/C57H51NO6/c1-41-7-25-49(26-8-41)58(50-27-13-43(14-28-50)9-11-45-17-31-52(61-3)32-18-45)51-29-15-44(16-30-51)10-12-46-19-33-54(34-20-46)63-56(60)64-55-37-23-48(24-38-55)57(39-5-4-6-40-57)47-21-35-53(36-22-47)62-42(2)59/h7-38H,4-6,39-40H2,1-3H3/b11-9+,12-10+. The van der Waals surface area contributed by atoms with Crippen molar-refractivity contribution in [3.05, 3.63) is 209 Å². The minimum Gasteiger partial charge on any atom is -0.497 e. The molecule has 7 nitrogen and oxygen atoms in total. The van der Waals surface area contributed by atoms with Gasteiger partial charge in [-0.15, -0.1) is 0 Å². The summed E-state index contributed by atoms with van der Waals surface area (Å²) >= 11 is 0. The lowest BCUT2D eigenvalue weighted by atomic mass is 9.65. The zero-order valence-electron chi connectivity index (χ0n) is 36.4. The van der Waals surface area contributed by atoms with Crippen LogP contribution in [0.4, 0.5) is 21.9 Å². The van der Waals surface area contributed by atoms with Crippen molar-refractivity contribution in [2.24, 2.45) is 0 Å². The van der Waals surface area contributed by atoms with Crippen molar-refractivity contribution < 1.29 is 28.5 Å². The average Bonchev–Trinajstić information content (AvgIpc) is 3.33. The summed E-state index contributed by atoms with van der Waals surface area (Å²) < 4.78 is 21.7. The summed E-state index contributed by atoms with van der Waals surface area (Å²) in [6, 6.07) is 56.5. The molecular weight excluding hydrogens is 795 g/mol. The summed E-state index contributed by atoms with van der Waals surface area (Å²) in [6.07, 6.45) is 13.0. The van der Waals surface area contributed by atoms with Gasteiger partial charge in [0.25, 0.3) is 0 Å². The first kappa shape index (κ1) is 43.0. The maximum absolute atomic E-state index is 12.8. The summed E-state index contributed by atoms with van der Waals surface area (Å²) in [4.78, 5) is 26.5. The fourth-order valence-electron chi connectivity index (χ4n) is 8.32. The number of nitrogens with zero attached hydrogens (tertiary/aromatic N) is 1. The van der Waals surface area contributed by atoms with E-state index in [4.69, 9.17) is 18.9 Å². The number of hydrogen-bond acceptors (Lipinski definition) is 7. The summed E-state index contributed by atoms with van der Waals surface area (Å²) in [5, 5.41) is 0. The van der Waals surface area contributed by atoms with Gasteiger partial charge < -0.3 is 23.8 Å². The van der Waals surface area contributed by atoms with Gasteiger partial charge in [0.2, 0.25) is 0 Å². The second-order valence-corrected chi connectivity index (χ2v) is 16.1. The Balaban J connectivity index is 0.884. The fourth-order valence-corrected chi connectivity index (χ4v) is 8.32. The van der Waals surface area contributed by atoms with E-state index in [1.165, 1.54) is 24.5 Å². The number of carbonyl (C=O) groups excluding carboxylic acids is 2. The predicted molar refractivity (Wildman–Crippen MR) is 258 cm³/mol. The quantitative estimate of drug-likeness (QED) is 0.0495. The van der Waals surface area contributed by atoms with Gasteiger partial charge in [0.1, 0.15) is 23.0 Å². The van der Waals surface area contributed by atoms with Crippen LogP contribution in [-0.2, 0) is 10.2 Å². The molecule has 64 heavy (non-hydrogen) atoms.